The van der Waals surface area contributed by atoms with Gasteiger partial charge in [-0.2, -0.15) is 0 Å². The third-order valence-corrected chi connectivity index (χ3v) is 5.04. The van der Waals surface area contributed by atoms with Gasteiger partial charge < -0.3 is 14.5 Å². The molecule has 0 aliphatic carbocycles. The number of benzene rings is 1. The summed E-state index contributed by atoms with van der Waals surface area (Å²) < 4.78 is 20.5. The number of ether oxygens (including phenoxy) is 1. The first-order chi connectivity index (χ1) is 13.6. The van der Waals surface area contributed by atoms with Gasteiger partial charge in [-0.1, -0.05) is 17.7 Å². The van der Waals surface area contributed by atoms with Crippen molar-refractivity contribution >= 4 is 23.2 Å². The Morgan fingerprint density at radius 2 is 1.96 bits per heavy atom. The lowest BCUT2D eigenvalue weighted by Gasteiger charge is -2.26. The molecule has 6 nitrogen and oxygen atoms in total. The SMILES string of the molecule is O=C(NCCN1CCOCC1)c1cn2cc(-c3ccc(F)c(Cl)c3)ccc2n1. The number of hydrogen-bond acceptors (Lipinski definition) is 4. The van der Waals surface area contributed by atoms with Crippen molar-refractivity contribution in [1.82, 2.24) is 19.6 Å². The van der Waals surface area contributed by atoms with Crippen LogP contribution in [0.3, 0.4) is 0 Å². The number of carbonyl (C=O) groups excluding carboxylic acids is 1. The van der Waals surface area contributed by atoms with Crippen LogP contribution >= 0.6 is 11.6 Å². The summed E-state index contributed by atoms with van der Waals surface area (Å²) in [6.45, 7) is 4.61. The van der Waals surface area contributed by atoms with E-state index in [2.05, 4.69) is 15.2 Å². The van der Waals surface area contributed by atoms with Gasteiger partial charge in [0.25, 0.3) is 5.91 Å². The molecule has 3 heterocycles. The van der Waals surface area contributed by atoms with Gasteiger partial charge in [0.2, 0.25) is 0 Å². The Balaban J connectivity index is 1.45. The molecule has 0 unspecified atom stereocenters. The number of imidazole rings is 1. The lowest BCUT2D eigenvalue weighted by molar-refractivity contribution is 0.0383. The molecule has 4 rings (SSSR count). The van der Waals surface area contributed by atoms with Gasteiger partial charge in [0, 0.05) is 38.6 Å². The maximum absolute atomic E-state index is 13.4. The molecule has 0 saturated carbocycles. The number of carbonyl (C=O) groups is 1. The molecule has 1 aromatic carbocycles. The zero-order chi connectivity index (χ0) is 19.5. The van der Waals surface area contributed by atoms with Crippen LogP contribution < -0.4 is 5.32 Å². The second kappa shape index (κ2) is 8.26. The number of morpholine rings is 1. The Hall–Kier alpha value is -2.48. The molecule has 1 amide bonds. The van der Waals surface area contributed by atoms with Gasteiger partial charge >= 0.3 is 0 Å². The molecular formula is C20H20ClFN4O2. The van der Waals surface area contributed by atoms with E-state index in [1.807, 2.05) is 18.3 Å². The highest BCUT2D eigenvalue weighted by Gasteiger charge is 2.13. The van der Waals surface area contributed by atoms with E-state index in [1.54, 1.807) is 22.7 Å². The predicted octanol–water partition coefficient (Wildman–Crippen LogP) is 2.86. The van der Waals surface area contributed by atoms with Crippen molar-refractivity contribution < 1.29 is 13.9 Å². The minimum Gasteiger partial charge on any atom is -0.379 e. The van der Waals surface area contributed by atoms with E-state index in [-0.39, 0.29) is 10.9 Å². The second-order valence-corrected chi connectivity index (χ2v) is 7.06. The zero-order valence-electron chi connectivity index (χ0n) is 15.2. The van der Waals surface area contributed by atoms with E-state index < -0.39 is 5.82 Å². The van der Waals surface area contributed by atoms with Crippen LogP contribution in [0.5, 0.6) is 0 Å². The fraction of sp³-hybridized carbons (Fsp3) is 0.300. The van der Waals surface area contributed by atoms with Crippen LogP contribution in [0.2, 0.25) is 5.02 Å². The van der Waals surface area contributed by atoms with Gasteiger partial charge in [-0.25, -0.2) is 9.37 Å². The van der Waals surface area contributed by atoms with Crippen LogP contribution in [-0.2, 0) is 4.74 Å². The highest BCUT2D eigenvalue weighted by Crippen LogP contribution is 2.25. The largest absolute Gasteiger partial charge is 0.379 e. The van der Waals surface area contributed by atoms with E-state index in [1.165, 1.54) is 6.07 Å². The number of nitrogens with zero attached hydrogens (tertiary/aromatic N) is 3. The molecule has 0 radical (unpaired) electrons. The number of halogens is 2. The lowest BCUT2D eigenvalue weighted by atomic mass is 10.1. The van der Waals surface area contributed by atoms with Crippen molar-refractivity contribution in [3.05, 3.63) is 59.3 Å². The summed E-state index contributed by atoms with van der Waals surface area (Å²) in [6, 6.07) is 8.26. The van der Waals surface area contributed by atoms with Crippen molar-refractivity contribution in [2.75, 3.05) is 39.4 Å². The first-order valence-electron chi connectivity index (χ1n) is 9.12. The first-order valence-corrected chi connectivity index (χ1v) is 9.50. The molecule has 1 N–H and O–H groups in total. The lowest BCUT2D eigenvalue weighted by Crippen LogP contribution is -2.41. The van der Waals surface area contributed by atoms with E-state index >= 15 is 0 Å². The number of aromatic nitrogens is 2. The summed E-state index contributed by atoms with van der Waals surface area (Å²) in [5.41, 5.74) is 2.66. The molecule has 146 valence electrons. The molecule has 0 spiro atoms. The van der Waals surface area contributed by atoms with Crippen molar-refractivity contribution in [2.24, 2.45) is 0 Å². The minimum atomic E-state index is -0.454. The average Bonchev–Trinajstić information content (AvgIpc) is 3.14. The first kappa shape index (κ1) is 18.9. The van der Waals surface area contributed by atoms with Gasteiger partial charge in [0.15, 0.2) is 0 Å². The Morgan fingerprint density at radius 3 is 2.75 bits per heavy atom. The molecule has 1 saturated heterocycles. The molecule has 8 heteroatoms. The Labute approximate surface area is 166 Å². The van der Waals surface area contributed by atoms with Crippen LogP contribution in [0.4, 0.5) is 4.39 Å². The molecular weight excluding hydrogens is 383 g/mol. The average molecular weight is 403 g/mol. The van der Waals surface area contributed by atoms with Gasteiger partial charge in [0.1, 0.15) is 17.2 Å². The van der Waals surface area contributed by atoms with Crippen molar-refractivity contribution in [3.63, 3.8) is 0 Å². The van der Waals surface area contributed by atoms with E-state index in [0.717, 1.165) is 44.0 Å². The number of fused-ring (bicyclic) bond motifs is 1. The molecule has 1 aliphatic heterocycles. The molecule has 28 heavy (non-hydrogen) atoms. The van der Waals surface area contributed by atoms with Crippen LogP contribution in [-0.4, -0.2) is 59.6 Å². The summed E-state index contributed by atoms with van der Waals surface area (Å²) >= 11 is 5.87. The number of rotatable bonds is 5. The van der Waals surface area contributed by atoms with E-state index in [4.69, 9.17) is 16.3 Å². The van der Waals surface area contributed by atoms with Gasteiger partial charge in [-0.3, -0.25) is 9.69 Å². The fourth-order valence-electron chi connectivity index (χ4n) is 3.19. The molecule has 0 bridgehead atoms. The van der Waals surface area contributed by atoms with E-state index in [0.29, 0.717) is 17.9 Å². The van der Waals surface area contributed by atoms with Crippen molar-refractivity contribution in [2.45, 2.75) is 0 Å². The van der Waals surface area contributed by atoms with Crippen LogP contribution in [0.25, 0.3) is 16.8 Å². The normalized spacial score (nSPS) is 15.1. The second-order valence-electron chi connectivity index (χ2n) is 6.65. The monoisotopic (exact) mass is 402 g/mol. The maximum atomic E-state index is 13.4. The highest BCUT2D eigenvalue weighted by molar-refractivity contribution is 6.31. The standard InChI is InChI=1S/C20H20ClFN4O2/c21-16-11-14(1-3-17(16)22)15-2-4-19-24-18(13-26(19)12-15)20(27)23-5-6-25-7-9-28-10-8-25/h1-4,11-13H,5-10H2,(H,23,27). The highest BCUT2D eigenvalue weighted by atomic mass is 35.5. The smallest absolute Gasteiger partial charge is 0.271 e. The quantitative estimate of drug-likeness (QED) is 0.713. The van der Waals surface area contributed by atoms with Gasteiger partial charge in [-0.15, -0.1) is 0 Å². The third-order valence-electron chi connectivity index (χ3n) is 4.75. The summed E-state index contributed by atoms with van der Waals surface area (Å²) in [6.07, 6.45) is 3.53. The Morgan fingerprint density at radius 1 is 1.18 bits per heavy atom. The third kappa shape index (κ3) is 4.16. The number of hydrogen-bond donors (Lipinski definition) is 1. The number of amides is 1. The predicted molar refractivity (Wildman–Crippen MR) is 105 cm³/mol. The molecule has 3 aromatic rings. The Kier molecular flexibility index (Phi) is 5.57. The summed E-state index contributed by atoms with van der Waals surface area (Å²) in [7, 11) is 0. The molecule has 2 aromatic heterocycles. The Bertz CT molecular complexity index is 1000. The van der Waals surface area contributed by atoms with E-state index in [9.17, 15) is 9.18 Å². The zero-order valence-corrected chi connectivity index (χ0v) is 16.0. The number of pyridine rings is 1. The van der Waals surface area contributed by atoms with Crippen LogP contribution in [0.15, 0.2) is 42.7 Å². The summed E-state index contributed by atoms with van der Waals surface area (Å²) in [4.78, 5) is 19.0. The summed E-state index contributed by atoms with van der Waals surface area (Å²) in [5.74, 6) is -0.659. The molecule has 1 fully saturated rings. The maximum Gasteiger partial charge on any atom is 0.271 e. The number of nitrogens with one attached hydrogen (secondary N) is 1. The van der Waals surface area contributed by atoms with Crippen molar-refractivity contribution in [3.8, 4) is 11.1 Å². The minimum absolute atomic E-state index is 0.0727. The van der Waals surface area contributed by atoms with Gasteiger partial charge in [-0.05, 0) is 35.4 Å². The van der Waals surface area contributed by atoms with Gasteiger partial charge in [0.05, 0.1) is 18.2 Å². The van der Waals surface area contributed by atoms with Crippen molar-refractivity contribution in [1.29, 1.82) is 0 Å². The molecule has 0 atom stereocenters. The van der Waals surface area contributed by atoms with Crippen LogP contribution in [0, 0.1) is 5.82 Å². The van der Waals surface area contributed by atoms with Crippen LogP contribution in [0.1, 0.15) is 10.5 Å². The summed E-state index contributed by atoms with van der Waals surface area (Å²) in [5, 5.41) is 2.98. The fourth-order valence-corrected chi connectivity index (χ4v) is 3.37. The topological polar surface area (TPSA) is 58.9 Å². The molecule has 1 aliphatic rings.